The Balaban J connectivity index is 2.91. The van der Waals surface area contributed by atoms with Gasteiger partial charge in [0.2, 0.25) is 0 Å². The molecule has 0 aliphatic rings. The normalized spacial score (nSPS) is 10.8. The van der Waals surface area contributed by atoms with E-state index in [0.717, 1.165) is 42.7 Å². The average molecular weight is 282 g/mol. The fourth-order valence-corrected chi connectivity index (χ4v) is 2.05. The monoisotopic (exact) mass is 282 g/mol. The number of nitrogens with zero attached hydrogens (tertiary/aromatic N) is 3. The van der Waals surface area contributed by atoms with Gasteiger partial charge in [0.15, 0.2) is 0 Å². The second kappa shape index (κ2) is 8.25. The molecule has 0 bridgehead atoms. The number of aromatic nitrogens is 2. The summed E-state index contributed by atoms with van der Waals surface area (Å²) in [5, 5.41) is 3.36. The second-order valence-corrected chi connectivity index (χ2v) is 5.95. The zero-order chi connectivity index (χ0) is 14.3. The largest absolute Gasteiger partial charge is 0.370 e. The summed E-state index contributed by atoms with van der Waals surface area (Å²) >= 11 is 1.85. The number of hydrogen-bond acceptors (Lipinski definition) is 5. The van der Waals surface area contributed by atoms with Gasteiger partial charge < -0.3 is 10.2 Å². The number of nitrogens with one attached hydrogen (secondary N) is 1. The fraction of sp³-hybridized carbons (Fsp3) is 0.714. The molecule has 0 aromatic carbocycles. The predicted octanol–water partition coefficient (Wildman–Crippen LogP) is 3.22. The van der Waals surface area contributed by atoms with Gasteiger partial charge in [-0.1, -0.05) is 20.8 Å². The minimum atomic E-state index is 0.344. The van der Waals surface area contributed by atoms with Crippen molar-refractivity contribution in [1.29, 1.82) is 0 Å². The summed E-state index contributed by atoms with van der Waals surface area (Å²) in [6.45, 7) is 8.36. The molecule has 0 saturated heterocycles. The van der Waals surface area contributed by atoms with Gasteiger partial charge >= 0.3 is 0 Å². The first-order valence-electron chi connectivity index (χ1n) is 6.91. The summed E-state index contributed by atoms with van der Waals surface area (Å²) in [6.07, 6.45) is 3.22. The van der Waals surface area contributed by atoms with Gasteiger partial charge in [0.05, 0.1) is 0 Å². The maximum atomic E-state index is 4.66. The van der Waals surface area contributed by atoms with Crippen LogP contribution < -0.4 is 10.2 Å². The molecule has 0 atom stereocenters. The SMILES string of the molecule is CCCNc1cc(N(C)CCSC)nc(C(C)C)n1. The Morgan fingerprint density at radius 2 is 2.11 bits per heavy atom. The molecule has 0 aliphatic heterocycles. The predicted molar refractivity (Wildman–Crippen MR) is 86.6 cm³/mol. The van der Waals surface area contributed by atoms with Crippen molar-refractivity contribution in [3.63, 3.8) is 0 Å². The first-order chi connectivity index (χ1) is 9.08. The van der Waals surface area contributed by atoms with Crippen molar-refractivity contribution >= 4 is 23.4 Å². The van der Waals surface area contributed by atoms with E-state index in [1.54, 1.807) is 0 Å². The highest BCUT2D eigenvalue weighted by Gasteiger charge is 2.10. The Kier molecular flexibility index (Phi) is 6.99. The molecule has 5 heteroatoms. The van der Waals surface area contributed by atoms with Crippen molar-refractivity contribution in [2.75, 3.05) is 42.4 Å². The number of anilines is 2. The van der Waals surface area contributed by atoms with Crippen molar-refractivity contribution in [2.45, 2.75) is 33.1 Å². The highest BCUT2D eigenvalue weighted by molar-refractivity contribution is 7.98. The van der Waals surface area contributed by atoms with Crippen LogP contribution in [0.1, 0.15) is 38.9 Å². The van der Waals surface area contributed by atoms with Crippen LogP contribution in [0, 0.1) is 0 Å². The van der Waals surface area contributed by atoms with Crippen molar-refractivity contribution < 1.29 is 0 Å². The lowest BCUT2D eigenvalue weighted by Crippen LogP contribution is -2.22. The van der Waals surface area contributed by atoms with Gasteiger partial charge in [-0.25, -0.2) is 9.97 Å². The van der Waals surface area contributed by atoms with Crippen molar-refractivity contribution in [3.05, 3.63) is 11.9 Å². The third kappa shape index (κ3) is 5.27. The molecule has 108 valence electrons. The molecule has 1 N–H and O–H groups in total. The van der Waals surface area contributed by atoms with Crippen molar-refractivity contribution in [1.82, 2.24) is 9.97 Å². The molecular formula is C14H26N4S. The van der Waals surface area contributed by atoms with Crippen LogP contribution in [-0.4, -0.2) is 42.1 Å². The Bertz CT molecular complexity index is 382. The number of thioether (sulfide) groups is 1. The lowest BCUT2D eigenvalue weighted by atomic mass is 10.2. The van der Waals surface area contributed by atoms with Crippen LogP contribution in [0.4, 0.5) is 11.6 Å². The van der Waals surface area contributed by atoms with Gasteiger partial charge in [-0.15, -0.1) is 0 Å². The Labute approximate surface area is 121 Å². The molecule has 1 aromatic rings. The third-order valence-electron chi connectivity index (χ3n) is 2.82. The van der Waals surface area contributed by atoms with Crippen LogP contribution in [0.5, 0.6) is 0 Å². The molecule has 1 aromatic heterocycles. The zero-order valence-electron chi connectivity index (χ0n) is 12.7. The molecule has 0 amide bonds. The smallest absolute Gasteiger partial charge is 0.135 e. The van der Waals surface area contributed by atoms with E-state index in [-0.39, 0.29) is 0 Å². The van der Waals surface area contributed by atoms with Crippen molar-refractivity contribution in [3.8, 4) is 0 Å². The van der Waals surface area contributed by atoms with E-state index in [2.05, 4.69) is 54.3 Å². The van der Waals surface area contributed by atoms with E-state index in [0.29, 0.717) is 5.92 Å². The van der Waals surface area contributed by atoms with Gasteiger partial charge in [0.25, 0.3) is 0 Å². The van der Waals surface area contributed by atoms with E-state index in [1.807, 2.05) is 17.8 Å². The Hall–Kier alpha value is -0.970. The quantitative estimate of drug-likeness (QED) is 0.793. The molecule has 0 spiro atoms. The molecule has 0 unspecified atom stereocenters. The highest BCUT2D eigenvalue weighted by Crippen LogP contribution is 2.19. The molecular weight excluding hydrogens is 256 g/mol. The lowest BCUT2D eigenvalue weighted by molar-refractivity contribution is 0.765. The maximum absolute atomic E-state index is 4.66. The third-order valence-corrected chi connectivity index (χ3v) is 3.42. The van der Waals surface area contributed by atoms with Gasteiger partial charge in [0, 0.05) is 37.9 Å². The second-order valence-electron chi connectivity index (χ2n) is 4.97. The molecule has 1 heterocycles. The molecule has 0 saturated carbocycles. The summed E-state index contributed by atoms with van der Waals surface area (Å²) in [5.41, 5.74) is 0. The van der Waals surface area contributed by atoms with Crippen LogP contribution in [-0.2, 0) is 0 Å². The summed E-state index contributed by atoms with van der Waals surface area (Å²) in [7, 11) is 2.09. The van der Waals surface area contributed by atoms with E-state index < -0.39 is 0 Å². The topological polar surface area (TPSA) is 41.0 Å². The van der Waals surface area contributed by atoms with E-state index in [4.69, 9.17) is 0 Å². The summed E-state index contributed by atoms with van der Waals surface area (Å²) in [4.78, 5) is 11.4. The summed E-state index contributed by atoms with van der Waals surface area (Å²) in [6, 6.07) is 2.04. The minimum Gasteiger partial charge on any atom is -0.370 e. The molecule has 0 radical (unpaired) electrons. The van der Waals surface area contributed by atoms with Crippen LogP contribution in [0.2, 0.25) is 0 Å². The van der Waals surface area contributed by atoms with E-state index >= 15 is 0 Å². The minimum absolute atomic E-state index is 0.344. The first kappa shape index (κ1) is 16.1. The Morgan fingerprint density at radius 3 is 2.68 bits per heavy atom. The standard InChI is InChI=1S/C14H26N4S/c1-6-7-15-12-10-13(18(4)8-9-19-5)17-14(16-12)11(2)3/h10-11H,6-9H2,1-5H3,(H,15,16,17). The van der Waals surface area contributed by atoms with Gasteiger partial charge in [0.1, 0.15) is 17.5 Å². The van der Waals surface area contributed by atoms with Gasteiger partial charge in [-0.05, 0) is 12.7 Å². The van der Waals surface area contributed by atoms with Gasteiger partial charge in [-0.2, -0.15) is 11.8 Å². The molecule has 0 aliphatic carbocycles. The summed E-state index contributed by atoms with van der Waals surface area (Å²) < 4.78 is 0. The van der Waals surface area contributed by atoms with E-state index in [9.17, 15) is 0 Å². The van der Waals surface area contributed by atoms with Crippen LogP contribution in [0.15, 0.2) is 6.07 Å². The van der Waals surface area contributed by atoms with Crippen LogP contribution in [0.25, 0.3) is 0 Å². The maximum Gasteiger partial charge on any atom is 0.135 e. The molecule has 4 nitrogen and oxygen atoms in total. The molecule has 19 heavy (non-hydrogen) atoms. The molecule has 0 fully saturated rings. The average Bonchev–Trinajstić information content (AvgIpc) is 2.42. The molecule has 1 rings (SSSR count). The fourth-order valence-electron chi connectivity index (χ4n) is 1.59. The number of rotatable bonds is 8. The van der Waals surface area contributed by atoms with Crippen LogP contribution in [0.3, 0.4) is 0 Å². The lowest BCUT2D eigenvalue weighted by Gasteiger charge is -2.20. The zero-order valence-corrected chi connectivity index (χ0v) is 13.5. The first-order valence-corrected chi connectivity index (χ1v) is 8.30. The summed E-state index contributed by atoms with van der Waals surface area (Å²) in [5.74, 6) is 4.30. The van der Waals surface area contributed by atoms with E-state index in [1.165, 1.54) is 0 Å². The Morgan fingerprint density at radius 1 is 1.37 bits per heavy atom. The number of hydrogen-bond donors (Lipinski definition) is 1. The van der Waals surface area contributed by atoms with Crippen molar-refractivity contribution in [2.24, 2.45) is 0 Å². The highest BCUT2D eigenvalue weighted by atomic mass is 32.2. The van der Waals surface area contributed by atoms with Gasteiger partial charge in [-0.3, -0.25) is 0 Å². The van der Waals surface area contributed by atoms with Crippen LogP contribution >= 0.6 is 11.8 Å².